The fourth-order valence-corrected chi connectivity index (χ4v) is 5.20. The quantitative estimate of drug-likeness (QED) is 0.577. The average Bonchev–Trinajstić information content (AvgIpc) is 2.89. The molecule has 0 aromatic heterocycles. The highest BCUT2D eigenvalue weighted by Gasteiger charge is 2.34. The first-order chi connectivity index (χ1) is 17.1. The van der Waals surface area contributed by atoms with Crippen molar-refractivity contribution in [1.29, 1.82) is 0 Å². The molecule has 0 radical (unpaired) electrons. The van der Waals surface area contributed by atoms with Gasteiger partial charge in [-0.2, -0.15) is 0 Å². The standard InChI is InChI=1S/C28H29N5OS/c1-4-32(5-2)22-16-14-21(15-17-22)26-29-24-9-7-6-8-23(24)25-27(34)30-28(31-33(25)26)35-18-20-12-10-19(3)11-13-20/h6-17,26H,4-5,18H2,1-3H3,(H,30,31,34). The molecule has 6 nitrogen and oxygen atoms in total. The van der Waals surface area contributed by atoms with Gasteiger partial charge in [0.15, 0.2) is 11.3 Å². The van der Waals surface area contributed by atoms with Crippen LogP contribution >= 0.6 is 11.8 Å². The number of aryl methyl sites for hydroxylation is 1. The molecule has 2 aliphatic heterocycles. The molecule has 0 bridgehead atoms. The summed E-state index contributed by atoms with van der Waals surface area (Å²) in [6, 6.07) is 24.6. The number of nitrogens with one attached hydrogen (secondary N) is 1. The summed E-state index contributed by atoms with van der Waals surface area (Å²) in [7, 11) is 0. The van der Waals surface area contributed by atoms with Crippen molar-refractivity contribution in [1.82, 2.24) is 10.3 Å². The van der Waals surface area contributed by atoms with Gasteiger partial charge in [0, 0.05) is 29.7 Å². The Morgan fingerprint density at radius 3 is 2.40 bits per heavy atom. The highest BCUT2D eigenvalue weighted by atomic mass is 32.2. The van der Waals surface area contributed by atoms with Crippen LogP contribution in [0, 0.1) is 6.92 Å². The predicted molar refractivity (Wildman–Crippen MR) is 143 cm³/mol. The molecule has 3 aromatic carbocycles. The lowest BCUT2D eigenvalue weighted by Crippen LogP contribution is -2.50. The van der Waals surface area contributed by atoms with Crippen LogP contribution in [0.15, 0.2) is 82.9 Å². The maximum Gasteiger partial charge on any atom is 0.276 e. The zero-order valence-electron chi connectivity index (χ0n) is 20.2. The van der Waals surface area contributed by atoms with Crippen LogP contribution in [0.2, 0.25) is 0 Å². The van der Waals surface area contributed by atoms with E-state index in [2.05, 4.69) is 79.5 Å². The summed E-state index contributed by atoms with van der Waals surface area (Å²) in [4.78, 5) is 20.6. The largest absolute Gasteiger partial charge is 0.372 e. The van der Waals surface area contributed by atoms with E-state index >= 15 is 0 Å². The summed E-state index contributed by atoms with van der Waals surface area (Å²) in [6.45, 7) is 8.29. The van der Waals surface area contributed by atoms with Gasteiger partial charge in [-0.3, -0.25) is 15.1 Å². The van der Waals surface area contributed by atoms with Crippen molar-refractivity contribution >= 4 is 34.2 Å². The fraction of sp³-hybridized carbons (Fsp3) is 0.250. The molecule has 0 saturated heterocycles. The third kappa shape index (κ3) is 4.68. The van der Waals surface area contributed by atoms with Crippen LogP contribution in [0.1, 0.15) is 36.7 Å². The molecule has 1 amide bonds. The summed E-state index contributed by atoms with van der Waals surface area (Å²) in [6.07, 6.45) is -0.410. The van der Waals surface area contributed by atoms with Gasteiger partial charge in [0.25, 0.3) is 5.91 Å². The molecule has 2 aliphatic rings. The van der Waals surface area contributed by atoms with Crippen molar-refractivity contribution in [3.05, 3.63) is 100 Å². The summed E-state index contributed by atoms with van der Waals surface area (Å²) in [5, 5.41) is 11.8. The van der Waals surface area contributed by atoms with Gasteiger partial charge in [-0.1, -0.05) is 71.9 Å². The lowest BCUT2D eigenvalue weighted by Gasteiger charge is -2.34. The van der Waals surface area contributed by atoms with Gasteiger partial charge in [0.05, 0.1) is 5.36 Å². The molecule has 2 heterocycles. The predicted octanol–water partition coefficient (Wildman–Crippen LogP) is 3.92. The topological polar surface area (TPSA) is 60.3 Å². The third-order valence-electron chi connectivity index (χ3n) is 6.33. The Balaban J connectivity index is 1.51. The summed E-state index contributed by atoms with van der Waals surface area (Å²) < 4.78 is 0. The van der Waals surface area contributed by atoms with Crippen molar-refractivity contribution in [2.45, 2.75) is 32.7 Å². The van der Waals surface area contributed by atoms with Crippen molar-refractivity contribution in [2.75, 3.05) is 18.0 Å². The number of anilines is 1. The van der Waals surface area contributed by atoms with E-state index in [0.29, 0.717) is 10.9 Å². The average molecular weight is 484 g/mol. The molecule has 0 fully saturated rings. The Kier molecular flexibility index (Phi) is 6.59. The number of amides is 1. The summed E-state index contributed by atoms with van der Waals surface area (Å²) in [5.74, 6) is 0.568. The third-order valence-corrected chi connectivity index (χ3v) is 7.27. The smallest absolute Gasteiger partial charge is 0.276 e. The van der Waals surface area contributed by atoms with Gasteiger partial charge in [0.2, 0.25) is 0 Å². The minimum Gasteiger partial charge on any atom is -0.372 e. The van der Waals surface area contributed by atoms with Gasteiger partial charge in [0.1, 0.15) is 5.70 Å². The second kappa shape index (κ2) is 9.96. The first-order valence-electron chi connectivity index (χ1n) is 12.0. The number of hydrazone groups is 1. The molecule has 35 heavy (non-hydrogen) atoms. The number of benzene rings is 3. The number of hydrogen-bond donors (Lipinski definition) is 1. The zero-order chi connectivity index (χ0) is 24.4. The molecule has 1 unspecified atom stereocenters. The Labute approximate surface area is 210 Å². The lowest BCUT2D eigenvalue weighted by molar-refractivity contribution is -0.116. The molecule has 1 atom stereocenters. The SMILES string of the molecule is CCN(CC)c1ccc(C2N=c3ccccc3=C3C(=O)NC(SCc4ccc(C)cc4)=NN32)cc1. The summed E-state index contributed by atoms with van der Waals surface area (Å²) >= 11 is 1.52. The lowest BCUT2D eigenvalue weighted by atomic mass is 10.1. The van der Waals surface area contributed by atoms with Gasteiger partial charge >= 0.3 is 0 Å². The first kappa shape index (κ1) is 23.2. The number of amidine groups is 1. The van der Waals surface area contributed by atoms with Crippen molar-refractivity contribution in [3.63, 3.8) is 0 Å². The maximum atomic E-state index is 13.3. The van der Waals surface area contributed by atoms with E-state index in [1.165, 1.54) is 28.6 Å². The molecule has 5 rings (SSSR count). The second-order valence-electron chi connectivity index (χ2n) is 8.61. The van der Waals surface area contributed by atoms with E-state index in [4.69, 9.17) is 10.1 Å². The van der Waals surface area contributed by atoms with E-state index in [-0.39, 0.29) is 5.91 Å². The molecular weight excluding hydrogens is 454 g/mol. The van der Waals surface area contributed by atoms with Crippen LogP contribution in [0.5, 0.6) is 0 Å². The molecule has 0 spiro atoms. The second-order valence-corrected chi connectivity index (χ2v) is 9.57. The van der Waals surface area contributed by atoms with E-state index < -0.39 is 6.17 Å². The normalized spacial score (nSPS) is 16.6. The number of carbonyl (C=O) groups excluding carboxylic acids is 1. The van der Waals surface area contributed by atoms with Crippen molar-refractivity contribution < 1.29 is 4.79 Å². The maximum absolute atomic E-state index is 13.3. The highest BCUT2D eigenvalue weighted by Crippen LogP contribution is 2.32. The highest BCUT2D eigenvalue weighted by molar-refractivity contribution is 8.13. The van der Waals surface area contributed by atoms with Crippen LogP contribution in [0.25, 0.3) is 5.70 Å². The molecule has 0 saturated carbocycles. The molecular formula is C28H29N5OS. The van der Waals surface area contributed by atoms with Gasteiger partial charge in [-0.05, 0) is 50.1 Å². The van der Waals surface area contributed by atoms with Crippen LogP contribution in [0.3, 0.4) is 0 Å². The van der Waals surface area contributed by atoms with Gasteiger partial charge < -0.3 is 4.90 Å². The molecule has 3 aromatic rings. The monoisotopic (exact) mass is 483 g/mol. The van der Waals surface area contributed by atoms with Crippen LogP contribution in [-0.2, 0) is 10.5 Å². The zero-order valence-corrected chi connectivity index (χ0v) is 21.0. The van der Waals surface area contributed by atoms with Crippen molar-refractivity contribution in [2.24, 2.45) is 10.1 Å². The molecule has 0 aliphatic carbocycles. The van der Waals surface area contributed by atoms with Gasteiger partial charge in [-0.15, -0.1) is 5.10 Å². The minimum atomic E-state index is -0.410. The van der Waals surface area contributed by atoms with E-state index in [9.17, 15) is 4.79 Å². The Morgan fingerprint density at radius 1 is 0.971 bits per heavy atom. The van der Waals surface area contributed by atoms with Crippen LogP contribution < -0.4 is 20.8 Å². The number of carbonyl (C=O) groups is 1. The number of nitrogens with zero attached hydrogens (tertiary/aromatic N) is 4. The van der Waals surface area contributed by atoms with Crippen LogP contribution in [-0.4, -0.2) is 29.2 Å². The molecule has 7 heteroatoms. The van der Waals surface area contributed by atoms with E-state index in [1.807, 2.05) is 24.3 Å². The molecule has 178 valence electrons. The van der Waals surface area contributed by atoms with Crippen LogP contribution in [0.4, 0.5) is 5.69 Å². The number of fused-ring (bicyclic) bond motifs is 2. The Hall–Kier alpha value is -3.58. The number of hydrogen-bond acceptors (Lipinski definition) is 6. The van der Waals surface area contributed by atoms with Gasteiger partial charge in [-0.25, -0.2) is 5.01 Å². The van der Waals surface area contributed by atoms with E-state index in [1.54, 1.807) is 5.01 Å². The number of rotatable bonds is 6. The number of thioether (sulfide) groups is 1. The fourth-order valence-electron chi connectivity index (χ4n) is 4.39. The van der Waals surface area contributed by atoms with E-state index in [0.717, 1.165) is 35.0 Å². The summed E-state index contributed by atoms with van der Waals surface area (Å²) in [5.41, 5.74) is 5.12. The minimum absolute atomic E-state index is 0.154. The first-order valence-corrected chi connectivity index (χ1v) is 13.0. The molecule has 1 N–H and O–H groups in total. The van der Waals surface area contributed by atoms with Crippen molar-refractivity contribution in [3.8, 4) is 0 Å². The Bertz CT molecular complexity index is 1380. The Morgan fingerprint density at radius 2 is 1.69 bits per heavy atom. The number of para-hydroxylation sites is 1.